The van der Waals surface area contributed by atoms with Gasteiger partial charge in [0.05, 0.1) is 10.5 Å². The molecular weight excluding hydrogens is 341 g/mol. The molecule has 0 aliphatic heterocycles. The molecule has 10 heteroatoms. The number of hydrogen-bond acceptors (Lipinski definition) is 5. The van der Waals surface area contributed by atoms with E-state index in [0.29, 0.717) is 0 Å². The summed E-state index contributed by atoms with van der Waals surface area (Å²) in [6, 6.07) is 7.26. The Kier molecular flexibility index (Phi) is 5.20. The van der Waals surface area contributed by atoms with Crippen LogP contribution >= 0.6 is 0 Å². The highest BCUT2D eigenvalue weighted by molar-refractivity contribution is 5.90. The van der Waals surface area contributed by atoms with Crippen LogP contribution in [0.3, 0.4) is 0 Å². The van der Waals surface area contributed by atoms with Crippen LogP contribution in [0.1, 0.15) is 17.5 Å². The lowest BCUT2D eigenvalue weighted by atomic mass is 10.0. The molecule has 1 aromatic heterocycles. The van der Waals surface area contributed by atoms with Gasteiger partial charge in [-0.25, -0.2) is 4.98 Å². The lowest BCUT2D eigenvalue weighted by Crippen LogP contribution is -2.16. The fourth-order valence-electron chi connectivity index (χ4n) is 2.16. The van der Waals surface area contributed by atoms with Gasteiger partial charge in [0, 0.05) is 12.5 Å². The Hall–Kier alpha value is -3.17. The maximum Gasteiger partial charge on any atom is 0.416 e. The third kappa shape index (κ3) is 4.66. The standard InChI is InChI=1S/C15H13F3N4O3/c16-15(17,18)10-4-2-1-3-9(10)5-8-13(23)20-12-7-6-11(22(24)25)14(19)21-12/h1-4,6-7H,5,8H2,(H3,19,20,21,23). The van der Waals surface area contributed by atoms with Gasteiger partial charge in [-0.15, -0.1) is 0 Å². The van der Waals surface area contributed by atoms with Gasteiger partial charge in [0.1, 0.15) is 5.82 Å². The number of pyridine rings is 1. The van der Waals surface area contributed by atoms with Crippen molar-refractivity contribution in [3.05, 3.63) is 57.6 Å². The summed E-state index contributed by atoms with van der Waals surface area (Å²) in [5.41, 5.74) is 4.21. The Balaban J connectivity index is 2.03. The number of rotatable bonds is 5. The molecule has 0 saturated heterocycles. The Morgan fingerprint density at radius 3 is 2.52 bits per heavy atom. The summed E-state index contributed by atoms with van der Waals surface area (Å²) in [5.74, 6) is -0.972. The van der Waals surface area contributed by atoms with E-state index in [1.807, 2.05) is 0 Å². The molecule has 25 heavy (non-hydrogen) atoms. The van der Waals surface area contributed by atoms with Crippen LogP contribution in [0.4, 0.5) is 30.5 Å². The maximum absolute atomic E-state index is 12.9. The fourth-order valence-corrected chi connectivity index (χ4v) is 2.16. The number of nitrogen functional groups attached to an aromatic ring is 1. The van der Waals surface area contributed by atoms with Crippen molar-refractivity contribution >= 4 is 23.2 Å². The number of nitrogens with two attached hydrogens (primary N) is 1. The molecule has 3 N–H and O–H groups in total. The molecule has 2 rings (SSSR count). The van der Waals surface area contributed by atoms with Gasteiger partial charge in [0.15, 0.2) is 0 Å². The van der Waals surface area contributed by atoms with E-state index in [-0.39, 0.29) is 30.0 Å². The zero-order chi connectivity index (χ0) is 18.6. The number of anilines is 2. The summed E-state index contributed by atoms with van der Waals surface area (Å²) in [4.78, 5) is 25.5. The molecule has 0 fully saturated rings. The molecule has 1 heterocycles. The van der Waals surface area contributed by atoms with Crippen LogP contribution in [-0.4, -0.2) is 15.8 Å². The number of amides is 1. The molecular formula is C15H13F3N4O3. The molecule has 2 aromatic rings. The molecule has 0 unspecified atom stereocenters. The minimum absolute atomic E-state index is 0.00122. The predicted octanol–water partition coefficient (Wildman–Crippen LogP) is 3.16. The third-order valence-electron chi connectivity index (χ3n) is 3.31. The fraction of sp³-hybridized carbons (Fsp3) is 0.200. The van der Waals surface area contributed by atoms with Crippen LogP contribution in [0.5, 0.6) is 0 Å². The first kappa shape index (κ1) is 18.2. The smallest absolute Gasteiger partial charge is 0.378 e. The number of aromatic nitrogens is 1. The van der Waals surface area contributed by atoms with Crippen LogP contribution in [0.25, 0.3) is 0 Å². The van der Waals surface area contributed by atoms with Gasteiger partial charge in [0.2, 0.25) is 11.7 Å². The zero-order valence-corrected chi connectivity index (χ0v) is 12.7. The van der Waals surface area contributed by atoms with E-state index in [4.69, 9.17) is 5.73 Å². The molecule has 0 saturated carbocycles. The lowest BCUT2D eigenvalue weighted by molar-refractivity contribution is -0.384. The number of aryl methyl sites for hydroxylation is 1. The lowest BCUT2D eigenvalue weighted by Gasteiger charge is -2.12. The minimum atomic E-state index is -4.50. The zero-order valence-electron chi connectivity index (χ0n) is 12.7. The van der Waals surface area contributed by atoms with Crippen molar-refractivity contribution in [1.82, 2.24) is 4.98 Å². The van der Waals surface area contributed by atoms with Crippen molar-refractivity contribution in [2.75, 3.05) is 11.1 Å². The van der Waals surface area contributed by atoms with Crippen LogP contribution in [0.15, 0.2) is 36.4 Å². The maximum atomic E-state index is 12.9. The van der Waals surface area contributed by atoms with Gasteiger partial charge in [-0.1, -0.05) is 18.2 Å². The summed E-state index contributed by atoms with van der Waals surface area (Å²) < 4.78 is 38.7. The van der Waals surface area contributed by atoms with Gasteiger partial charge in [-0.05, 0) is 24.1 Å². The molecule has 0 radical (unpaired) electrons. The highest BCUT2D eigenvalue weighted by atomic mass is 19.4. The normalized spacial score (nSPS) is 11.2. The largest absolute Gasteiger partial charge is 0.416 e. The number of halogens is 3. The third-order valence-corrected chi connectivity index (χ3v) is 3.31. The van der Waals surface area contributed by atoms with E-state index in [9.17, 15) is 28.1 Å². The monoisotopic (exact) mass is 354 g/mol. The number of carbonyl (C=O) groups is 1. The van der Waals surface area contributed by atoms with Crippen molar-refractivity contribution in [3.8, 4) is 0 Å². The SMILES string of the molecule is Nc1nc(NC(=O)CCc2ccccc2C(F)(F)F)ccc1[N+](=O)[O-]. The molecule has 0 aliphatic rings. The molecule has 0 spiro atoms. The average molecular weight is 354 g/mol. The molecule has 0 atom stereocenters. The van der Waals surface area contributed by atoms with E-state index < -0.39 is 28.3 Å². The van der Waals surface area contributed by atoms with E-state index >= 15 is 0 Å². The molecule has 1 amide bonds. The Bertz CT molecular complexity index is 809. The Labute approximate surface area is 139 Å². The van der Waals surface area contributed by atoms with Crippen LogP contribution in [0, 0.1) is 10.1 Å². The van der Waals surface area contributed by atoms with E-state index in [1.54, 1.807) is 0 Å². The van der Waals surface area contributed by atoms with Crippen molar-refractivity contribution < 1.29 is 22.9 Å². The number of alkyl halides is 3. The first-order valence-electron chi connectivity index (χ1n) is 7.04. The van der Waals surface area contributed by atoms with Gasteiger partial charge in [0.25, 0.3) is 0 Å². The Morgan fingerprint density at radius 2 is 1.92 bits per heavy atom. The second kappa shape index (κ2) is 7.16. The molecule has 132 valence electrons. The molecule has 1 aromatic carbocycles. The quantitative estimate of drug-likeness (QED) is 0.633. The topological polar surface area (TPSA) is 111 Å². The number of nitrogens with zero attached hydrogens (tertiary/aromatic N) is 2. The molecule has 7 nitrogen and oxygen atoms in total. The highest BCUT2D eigenvalue weighted by Crippen LogP contribution is 2.32. The van der Waals surface area contributed by atoms with E-state index in [2.05, 4.69) is 10.3 Å². The van der Waals surface area contributed by atoms with Crippen LogP contribution in [0.2, 0.25) is 0 Å². The first-order chi connectivity index (χ1) is 11.7. The van der Waals surface area contributed by atoms with Gasteiger partial charge in [-0.2, -0.15) is 13.2 Å². The van der Waals surface area contributed by atoms with Gasteiger partial charge < -0.3 is 11.1 Å². The van der Waals surface area contributed by atoms with Crippen molar-refractivity contribution in [3.63, 3.8) is 0 Å². The number of nitrogens with one attached hydrogen (secondary N) is 1. The number of hydrogen-bond donors (Lipinski definition) is 2. The number of benzene rings is 1. The first-order valence-corrected chi connectivity index (χ1v) is 7.04. The number of nitro groups is 1. The highest BCUT2D eigenvalue weighted by Gasteiger charge is 2.32. The molecule has 0 aliphatic carbocycles. The molecule has 0 bridgehead atoms. The summed E-state index contributed by atoms with van der Waals surface area (Å²) in [6.07, 6.45) is -4.84. The summed E-state index contributed by atoms with van der Waals surface area (Å²) >= 11 is 0. The minimum Gasteiger partial charge on any atom is -0.378 e. The average Bonchev–Trinajstić information content (AvgIpc) is 2.52. The van der Waals surface area contributed by atoms with Crippen molar-refractivity contribution in [2.24, 2.45) is 0 Å². The summed E-state index contributed by atoms with van der Waals surface area (Å²) in [5, 5.41) is 13.0. The Morgan fingerprint density at radius 1 is 1.24 bits per heavy atom. The summed E-state index contributed by atoms with van der Waals surface area (Å²) in [7, 11) is 0. The van der Waals surface area contributed by atoms with Gasteiger partial charge in [-0.3, -0.25) is 14.9 Å². The van der Waals surface area contributed by atoms with E-state index in [1.165, 1.54) is 24.3 Å². The summed E-state index contributed by atoms with van der Waals surface area (Å²) in [6.45, 7) is 0. The van der Waals surface area contributed by atoms with Gasteiger partial charge >= 0.3 is 11.9 Å². The predicted molar refractivity (Wildman–Crippen MR) is 83.7 cm³/mol. The second-order valence-corrected chi connectivity index (χ2v) is 5.06. The van der Waals surface area contributed by atoms with Crippen molar-refractivity contribution in [2.45, 2.75) is 19.0 Å². The second-order valence-electron chi connectivity index (χ2n) is 5.06. The number of carbonyl (C=O) groups excluding carboxylic acids is 1. The van der Waals surface area contributed by atoms with Crippen molar-refractivity contribution in [1.29, 1.82) is 0 Å². The van der Waals surface area contributed by atoms with Crippen LogP contribution in [-0.2, 0) is 17.4 Å². The van der Waals surface area contributed by atoms with Crippen LogP contribution < -0.4 is 11.1 Å². The van der Waals surface area contributed by atoms with E-state index in [0.717, 1.165) is 12.1 Å².